The minimum atomic E-state index is -0.0394. The first-order valence-corrected chi connectivity index (χ1v) is 5.84. The maximum atomic E-state index is 11.2. The minimum absolute atomic E-state index is 0.0394. The molecular weight excluding hydrogens is 276 g/mol. The summed E-state index contributed by atoms with van der Waals surface area (Å²) in [4.78, 5) is 15.1. The molecule has 1 N–H and O–H groups in total. The predicted molar refractivity (Wildman–Crippen MR) is 58.4 cm³/mol. The van der Waals surface area contributed by atoms with Crippen LogP contribution in [0, 0.1) is 0 Å². The SMILES string of the molecule is O=C(CCCCl)Nc1ncc(Br)s1. The Kier molecular flexibility index (Phi) is 4.69. The molecule has 0 fully saturated rings. The second-order valence-electron chi connectivity index (χ2n) is 2.31. The summed E-state index contributed by atoms with van der Waals surface area (Å²) in [6.45, 7) is 0. The first-order chi connectivity index (χ1) is 6.22. The summed E-state index contributed by atoms with van der Waals surface area (Å²) in [5, 5.41) is 3.29. The normalized spacial score (nSPS) is 10.0. The lowest BCUT2D eigenvalue weighted by atomic mass is 10.3. The van der Waals surface area contributed by atoms with Gasteiger partial charge in [0.25, 0.3) is 0 Å². The van der Waals surface area contributed by atoms with E-state index in [-0.39, 0.29) is 5.91 Å². The number of thiazole rings is 1. The maximum Gasteiger partial charge on any atom is 0.226 e. The standard InChI is InChI=1S/C7H8BrClN2OS/c8-5-4-10-7(13-5)11-6(12)2-1-3-9/h4H,1-3H2,(H,10,11,12). The van der Waals surface area contributed by atoms with Crippen LogP contribution in [0.1, 0.15) is 12.8 Å². The molecule has 0 saturated carbocycles. The molecule has 1 heterocycles. The van der Waals surface area contributed by atoms with E-state index in [0.717, 1.165) is 3.79 Å². The summed E-state index contributed by atoms with van der Waals surface area (Å²) in [6.07, 6.45) is 2.79. The van der Waals surface area contributed by atoms with Gasteiger partial charge in [-0.2, -0.15) is 0 Å². The molecule has 0 aromatic carbocycles. The Morgan fingerprint density at radius 3 is 3.08 bits per heavy atom. The molecule has 0 aliphatic rings. The first-order valence-electron chi connectivity index (χ1n) is 3.69. The molecule has 0 radical (unpaired) electrons. The lowest BCUT2D eigenvalue weighted by molar-refractivity contribution is -0.116. The molecule has 6 heteroatoms. The average Bonchev–Trinajstić information content (AvgIpc) is 2.48. The van der Waals surface area contributed by atoms with Crippen molar-refractivity contribution in [1.29, 1.82) is 0 Å². The van der Waals surface area contributed by atoms with Crippen molar-refractivity contribution in [3.63, 3.8) is 0 Å². The Labute approximate surface area is 93.6 Å². The smallest absolute Gasteiger partial charge is 0.226 e. The molecule has 72 valence electrons. The number of nitrogens with one attached hydrogen (secondary N) is 1. The van der Waals surface area contributed by atoms with Crippen molar-refractivity contribution in [2.75, 3.05) is 11.2 Å². The zero-order valence-electron chi connectivity index (χ0n) is 6.72. The molecule has 0 unspecified atom stereocenters. The third-order valence-corrected chi connectivity index (χ3v) is 2.92. The van der Waals surface area contributed by atoms with Gasteiger partial charge in [-0.3, -0.25) is 4.79 Å². The Hall–Kier alpha value is -0.130. The van der Waals surface area contributed by atoms with Gasteiger partial charge in [0.05, 0.1) is 9.98 Å². The molecule has 0 spiro atoms. The van der Waals surface area contributed by atoms with Crippen molar-refractivity contribution in [3.8, 4) is 0 Å². The molecule has 1 aromatic rings. The van der Waals surface area contributed by atoms with Crippen LogP contribution in [0.3, 0.4) is 0 Å². The van der Waals surface area contributed by atoms with Gasteiger partial charge in [-0.25, -0.2) is 4.98 Å². The molecule has 0 bridgehead atoms. The fourth-order valence-corrected chi connectivity index (χ4v) is 1.98. The number of halogens is 2. The van der Waals surface area contributed by atoms with Gasteiger partial charge >= 0.3 is 0 Å². The molecule has 3 nitrogen and oxygen atoms in total. The van der Waals surface area contributed by atoms with Crippen LogP contribution in [0.25, 0.3) is 0 Å². The number of aromatic nitrogens is 1. The number of rotatable bonds is 4. The van der Waals surface area contributed by atoms with Crippen LogP contribution < -0.4 is 5.32 Å². The van der Waals surface area contributed by atoms with Gasteiger partial charge in [0.1, 0.15) is 0 Å². The van der Waals surface area contributed by atoms with Gasteiger partial charge in [0, 0.05) is 12.3 Å². The monoisotopic (exact) mass is 282 g/mol. The fraction of sp³-hybridized carbons (Fsp3) is 0.429. The van der Waals surface area contributed by atoms with Crippen LogP contribution in [0.15, 0.2) is 9.98 Å². The molecule has 1 aromatic heterocycles. The van der Waals surface area contributed by atoms with Crippen LogP contribution in [0.2, 0.25) is 0 Å². The Bertz CT molecular complexity index is 292. The Balaban J connectivity index is 2.36. The van der Waals surface area contributed by atoms with E-state index in [1.54, 1.807) is 6.20 Å². The lowest BCUT2D eigenvalue weighted by Gasteiger charge is -1.98. The molecule has 0 aliphatic heterocycles. The van der Waals surface area contributed by atoms with E-state index in [0.29, 0.717) is 23.9 Å². The molecule has 0 atom stereocenters. The topological polar surface area (TPSA) is 42.0 Å². The summed E-state index contributed by atoms with van der Waals surface area (Å²) in [6, 6.07) is 0. The van der Waals surface area contributed by atoms with E-state index >= 15 is 0 Å². The highest BCUT2D eigenvalue weighted by Crippen LogP contribution is 2.23. The summed E-state index contributed by atoms with van der Waals surface area (Å²) in [5.74, 6) is 0.470. The zero-order valence-corrected chi connectivity index (χ0v) is 9.88. The Morgan fingerprint density at radius 1 is 1.77 bits per heavy atom. The van der Waals surface area contributed by atoms with E-state index in [2.05, 4.69) is 26.2 Å². The van der Waals surface area contributed by atoms with Crippen LogP contribution in [-0.2, 0) is 4.79 Å². The summed E-state index contributed by atoms with van der Waals surface area (Å²) in [5.41, 5.74) is 0. The maximum absolute atomic E-state index is 11.2. The van der Waals surface area contributed by atoms with E-state index in [1.807, 2.05) is 0 Å². The largest absolute Gasteiger partial charge is 0.302 e. The van der Waals surface area contributed by atoms with E-state index < -0.39 is 0 Å². The molecule has 0 saturated heterocycles. The quantitative estimate of drug-likeness (QED) is 0.863. The van der Waals surface area contributed by atoms with Crippen molar-refractivity contribution in [2.24, 2.45) is 0 Å². The molecule has 1 rings (SSSR count). The fourth-order valence-electron chi connectivity index (χ4n) is 0.721. The molecular formula is C7H8BrClN2OS. The van der Waals surface area contributed by atoms with Crippen LogP contribution >= 0.6 is 38.9 Å². The van der Waals surface area contributed by atoms with Crippen LogP contribution in [0.4, 0.5) is 5.13 Å². The van der Waals surface area contributed by atoms with Gasteiger partial charge in [-0.15, -0.1) is 11.6 Å². The number of alkyl halides is 1. The Morgan fingerprint density at radius 2 is 2.54 bits per heavy atom. The number of carbonyl (C=O) groups excluding carboxylic acids is 1. The highest BCUT2D eigenvalue weighted by atomic mass is 79.9. The molecule has 0 aliphatic carbocycles. The van der Waals surface area contributed by atoms with Crippen LogP contribution in [0.5, 0.6) is 0 Å². The van der Waals surface area contributed by atoms with Gasteiger partial charge in [0.2, 0.25) is 5.91 Å². The first kappa shape index (κ1) is 10.9. The number of hydrogen-bond donors (Lipinski definition) is 1. The van der Waals surface area contributed by atoms with Crippen LogP contribution in [-0.4, -0.2) is 16.8 Å². The summed E-state index contributed by atoms with van der Waals surface area (Å²) in [7, 11) is 0. The highest BCUT2D eigenvalue weighted by Gasteiger charge is 2.04. The zero-order chi connectivity index (χ0) is 9.68. The predicted octanol–water partition coefficient (Wildman–Crippen LogP) is 2.86. The van der Waals surface area contributed by atoms with Gasteiger partial charge in [-0.1, -0.05) is 11.3 Å². The van der Waals surface area contributed by atoms with Crippen molar-refractivity contribution in [3.05, 3.63) is 9.98 Å². The summed E-state index contributed by atoms with van der Waals surface area (Å²) >= 11 is 10.1. The summed E-state index contributed by atoms with van der Waals surface area (Å²) < 4.78 is 0.903. The lowest BCUT2D eigenvalue weighted by Crippen LogP contribution is -2.10. The number of nitrogens with zero attached hydrogens (tertiary/aromatic N) is 1. The number of carbonyl (C=O) groups is 1. The second kappa shape index (κ2) is 5.57. The third-order valence-electron chi connectivity index (χ3n) is 1.26. The second-order valence-corrected chi connectivity index (χ2v) is 5.10. The minimum Gasteiger partial charge on any atom is -0.302 e. The highest BCUT2D eigenvalue weighted by molar-refractivity contribution is 9.11. The molecule has 13 heavy (non-hydrogen) atoms. The van der Waals surface area contributed by atoms with Gasteiger partial charge in [0.15, 0.2) is 5.13 Å². The van der Waals surface area contributed by atoms with Crippen molar-refractivity contribution in [1.82, 2.24) is 4.98 Å². The number of hydrogen-bond acceptors (Lipinski definition) is 3. The average molecular weight is 284 g/mol. The number of anilines is 1. The third kappa shape index (κ3) is 4.06. The van der Waals surface area contributed by atoms with Crippen molar-refractivity contribution >= 4 is 49.9 Å². The van der Waals surface area contributed by atoms with E-state index in [4.69, 9.17) is 11.6 Å². The van der Waals surface area contributed by atoms with Crippen molar-refractivity contribution < 1.29 is 4.79 Å². The van der Waals surface area contributed by atoms with Gasteiger partial charge < -0.3 is 5.32 Å². The van der Waals surface area contributed by atoms with Gasteiger partial charge in [-0.05, 0) is 22.4 Å². The molecule has 1 amide bonds. The van der Waals surface area contributed by atoms with E-state index in [9.17, 15) is 4.79 Å². The number of amides is 1. The van der Waals surface area contributed by atoms with Crippen molar-refractivity contribution in [2.45, 2.75) is 12.8 Å². The van der Waals surface area contributed by atoms with E-state index in [1.165, 1.54) is 11.3 Å².